The van der Waals surface area contributed by atoms with Crippen LogP contribution in [0, 0.1) is 6.92 Å². The summed E-state index contributed by atoms with van der Waals surface area (Å²) < 4.78 is 1.06. The summed E-state index contributed by atoms with van der Waals surface area (Å²) in [5.74, 6) is -0.840. The molecule has 1 fully saturated rings. The van der Waals surface area contributed by atoms with Crippen molar-refractivity contribution in [2.45, 2.75) is 25.8 Å². The van der Waals surface area contributed by atoms with Crippen molar-refractivity contribution in [2.75, 3.05) is 0 Å². The fourth-order valence-electron chi connectivity index (χ4n) is 2.28. The Morgan fingerprint density at radius 3 is 2.85 bits per heavy atom. The first-order valence-corrected chi connectivity index (χ1v) is 6.26. The van der Waals surface area contributed by atoms with Crippen LogP contribution in [0.5, 0.6) is 0 Å². The SMILES string of the molecule is Cc1ccc2c(=O)n(C3CCC(=O)NC3=O)nnc2c1. The first-order valence-electron chi connectivity index (χ1n) is 6.26. The van der Waals surface area contributed by atoms with Crippen LogP contribution in [-0.2, 0) is 9.59 Å². The van der Waals surface area contributed by atoms with E-state index in [2.05, 4.69) is 15.6 Å². The van der Waals surface area contributed by atoms with E-state index in [0.29, 0.717) is 10.9 Å². The summed E-state index contributed by atoms with van der Waals surface area (Å²) in [4.78, 5) is 35.3. The molecule has 1 atom stereocenters. The van der Waals surface area contributed by atoms with Gasteiger partial charge in [-0.2, -0.15) is 4.68 Å². The molecule has 2 aromatic rings. The minimum Gasteiger partial charge on any atom is -0.295 e. The molecule has 1 aliphatic heterocycles. The number of rotatable bonds is 1. The Hall–Kier alpha value is -2.57. The summed E-state index contributed by atoms with van der Waals surface area (Å²) in [5.41, 5.74) is 1.10. The molecule has 1 unspecified atom stereocenters. The Morgan fingerprint density at radius 1 is 1.30 bits per heavy atom. The van der Waals surface area contributed by atoms with Crippen LogP contribution in [0.1, 0.15) is 24.4 Å². The summed E-state index contributed by atoms with van der Waals surface area (Å²) in [6, 6.07) is 4.46. The van der Waals surface area contributed by atoms with Crippen molar-refractivity contribution < 1.29 is 9.59 Å². The van der Waals surface area contributed by atoms with Gasteiger partial charge >= 0.3 is 0 Å². The fourth-order valence-corrected chi connectivity index (χ4v) is 2.28. The molecule has 0 aliphatic carbocycles. The van der Waals surface area contributed by atoms with Crippen molar-refractivity contribution in [1.82, 2.24) is 20.3 Å². The second-order valence-electron chi connectivity index (χ2n) is 4.83. The van der Waals surface area contributed by atoms with E-state index in [4.69, 9.17) is 0 Å². The van der Waals surface area contributed by atoms with Gasteiger partial charge in [0.1, 0.15) is 11.6 Å². The summed E-state index contributed by atoms with van der Waals surface area (Å²) in [6.07, 6.45) is 0.451. The molecule has 102 valence electrons. The molecule has 1 aromatic heterocycles. The summed E-state index contributed by atoms with van der Waals surface area (Å²) in [7, 11) is 0. The normalized spacial score (nSPS) is 19.1. The van der Waals surface area contributed by atoms with Crippen molar-refractivity contribution in [3.63, 3.8) is 0 Å². The lowest BCUT2D eigenvalue weighted by atomic mass is 10.1. The molecule has 7 heteroatoms. The number of nitrogens with zero attached hydrogens (tertiary/aromatic N) is 3. The Bertz CT molecular complexity index is 781. The largest absolute Gasteiger partial charge is 0.295 e. The van der Waals surface area contributed by atoms with E-state index in [-0.39, 0.29) is 24.3 Å². The third kappa shape index (κ3) is 1.97. The fraction of sp³-hybridized carbons (Fsp3) is 0.308. The smallest absolute Gasteiger partial charge is 0.278 e. The molecule has 1 N–H and O–H groups in total. The molecule has 0 radical (unpaired) electrons. The van der Waals surface area contributed by atoms with Gasteiger partial charge in [0.2, 0.25) is 5.91 Å². The van der Waals surface area contributed by atoms with Gasteiger partial charge < -0.3 is 0 Å². The minimum atomic E-state index is -0.779. The van der Waals surface area contributed by atoms with E-state index < -0.39 is 11.9 Å². The number of imide groups is 1. The van der Waals surface area contributed by atoms with E-state index in [1.54, 1.807) is 18.2 Å². The number of amides is 2. The second-order valence-corrected chi connectivity index (χ2v) is 4.83. The highest BCUT2D eigenvalue weighted by molar-refractivity contribution is 5.99. The molecule has 0 saturated carbocycles. The van der Waals surface area contributed by atoms with E-state index in [1.165, 1.54) is 0 Å². The van der Waals surface area contributed by atoms with Gasteiger partial charge in [-0.05, 0) is 31.0 Å². The number of nitrogens with one attached hydrogen (secondary N) is 1. The molecule has 20 heavy (non-hydrogen) atoms. The highest BCUT2D eigenvalue weighted by Gasteiger charge is 2.30. The number of carbonyl (C=O) groups is 2. The van der Waals surface area contributed by atoms with Crippen molar-refractivity contribution >= 4 is 22.7 Å². The molecule has 7 nitrogen and oxygen atoms in total. The molecule has 3 rings (SSSR count). The molecule has 1 aliphatic rings. The van der Waals surface area contributed by atoms with Crippen LogP contribution in [0.15, 0.2) is 23.0 Å². The summed E-state index contributed by atoms with van der Waals surface area (Å²) >= 11 is 0. The van der Waals surface area contributed by atoms with Gasteiger partial charge in [0.15, 0.2) is 0 Å². The molecule has 0 bridgehead atoms. The topological polar surface area (TPSA) is 94.0 Å². The molecular weight excluding hydrogens is 260 g/mol. The molecule has 2 heterocycles. The Kier molecular flexibility index (Phi) is 2.81. The van der Waals surface area contributed by atoms with Crippen LogP contribution in [0.2, 0.25) is 0 Å². The van der Waals surface area contributed by atoms with Crippen molar-refractivity contribution in [1.29, 1.82) is 0 Å². The zero-order chi connectivity index (χ0) is 14.3. The number of carbonyl (C=O) groups excluding carboxylic acids is 2. The van der Waals surface area contributed by atoms with Crippen molar-refractivity contribution in [2.24, 2.45) is 0 Å². The number of piperidine rings is 1. The Morgan fingerprint density at radius 2 is 2.10 bits per heavy atom. The number of benzene rings is 1. The van der Waals surface area contributed by atoms with Gasteiger partial charge in [0.25, 0.3) is 11.5 Å². The van der Waals surface area contributed by atoms with Gasteiger partial charge in [-0.3, -0.25) is 19.7 Å². The summed E-state index contributed by atoms with van der Waals surface area (Å²) in [5, 5.41) is 10.4. The maximum atomic E-state index is 12.4. The molecule has 0 spiro atoms. The summed E-state index contributed by atoms with van der Waals surface area (Å²) in [6.45, 7) is 1.90. The number of hydrogen-bond acceptors (Lipinski definition) is 5. The molecule has 1 saturated heterocycles. The van der Waals surface area contributed by atoms with Crippen LogP contribution < -0.4 is 10.9 Å². The standard InChI is InChI=1S/C13H12N4O3/c1-7-2-3-8-9(6-7)15-16-17(13(8)20)10-4-5-11(18)14-12(10)19/h2-3,6,10H,4-5H2,1H3,(H,14,18,19). The lowest BCUT2D eigenvalue weighted by Gasteiger charge is -2.21. The zero-order valence-electron chi connectivity index (χ0n) is 10.8. The number of fused-ring (bicyclic) bond motifs is 1. The van der Waals surface area contributed by atoms with Gasteiger partial charge in [0, 0.05) is 6.42 Å². The predicted octanol–water partition coefficient (Wildman–Crippen LogP) is 0.0776. The zero-order valence-corrected chi connectivity index (χ0v) is 10.8. The third-order valence-electron chi connectivity index (χ3n) is 3.35. The second kappa shape index (κ2) is 4.52. The van der Waals surface area contributed by atoms with Crippen molar-refractivity contribution in [3.05, 3.63) is 34.1 Å². The average molecular weight is 272 g/mol. The van der Waals surface area contributed by atoms with Crippen LogP contribution in [-0.4, -0.2) is 26.8 Å². The molecular formula is C13H12N4O3. The lowest BCUT2D eigenvalue weighted by Crippen LogP contribution is -2.45. The van der Waals surface area contributed by atoms with Crippen LogP contribution >= 0.6 is 0 Å². The van der Waals surface area contributed by atoms with Crippen molar-refractivity contribution in [3.8, 4) is 0 Å². The van der Waals surface area contributed by atoms with Crippen LogP contribution in [0.25, 0.3) is 10.9 Å². The Balaban J connectivity index is 2.11. The van der Waals surface area contributed by atoms with Gasteiger partial charge in [0.05, 0.1) is 5.39 Å². The predicted molar refractivity (Wildman–Crippen MR) is 70.0 cm³/mol. The quantitative estimate of drug-likeness (QED) is 0.742. The maximum absolute atomic E-state index is 12.4. The number of aryl methyl sites for hydroxylation is 1. The third-order valence-corrected chi connectivity index (χ3v) is 3.35. The first-order chi connectivity index (χ1) is 9.56. The van der Waals surface area contributed by atoms with Crippen LogP contribution in [0.4, 0.5) is 0 Å². The molecule has 1 aromatic carbocycles. The highest BCUT2D eigenvalue weighted by atomic mass is 16.2. The van der Waals surface area contributed by atoms with Gasteiger partial charge in [-0.1, -0.05) is 11.3 Å². The van der Waals surface area contributed by atoms with E-state index in [9.17, 15) is 14.4 Å². The monoisotopic (exact) mass is 272 g/mol. The number of aromatic nitrogens is 3. The van der Waals surface area contributed by atoms with Gasteiger partial charge in [-0.25, -0.2) is 0 Å². The van der Waals surface area contributed by atoms with Crippen LogP contribution in [0.3, 0.4) is 0 Å². The maximum Gasteiger partial charge on any atom is 0.278 e. The van der Waals surface area contributed by atoms with E-state index >= 15 is 0 Å². The van der Waals surface area contributed by atoms with Gasteiger partial charge in [-0.15, -0.1) is 5.10 Å². The van der Waals surface area contributed by atoms with E-state index in [1.807, 2.05) is 6.92 Å². The molecule has 2 amide bonds. The number of hydrogen-bond donors (Lipinski definition) is 1. The first kappa shape index (κ1) is 12.5. The minimum absolute atomic E-state index is 0.191. The lowest BCUT2D eigenvalue weighted by molar-refractivity contribution is -0.136. The van der Waals surface area contributed by atoms with E-state index in [0.717, 1.165) is 10.2 Å². The highest BCUT2D eigenvalue weighted by Crippen LogP contribution is 2.16. The Labute approximate surface area is 113 Å². The average Bonchev–Trinajstić information content (AvgIpc) is 2.40.